The molecule has 0 atom stereocenters. The van der Waals surface area contributed by atoms with Gasteiger partial charge in [-0.25, -0.2) is 9.78 Å². The van der Waals surface area contributed by atoms with Crippen LogP contribution in [-0.4, -0.2) is 83.8 Å². The van der Waals surface area contributed by atoms with Gasteiger partial charge in [-0.3, -0.25) is 0 Å². The summed E-state index contributed by atoms with van der Waals surface area (Å²) in [7, 11) is 0. The number of hydrogen-bond acceptors (Lipinski definition) is 2. The van der Waals surface area contributed by atoms with Crippen molar-refractivity contribution in [1.82, 2.24) is 0 Å². The first-order valence-electron chi connectivity index (χ1n) is 9.24. The molecule has 0 aromatic heterocycles. The third-order valence-electron chi connectivity index (χ3n) is 5.08. The molecule has 0 radical (unpaired) electrons. The molecular weight excluding hydrogens is 770 g/mol. The van der Waals surface area contributed by atoms with Crippen molar-refractivity contribution in [2.24, 2.45) is 0 Å². The molecule has 0 unspecified atom stereocenters. The Morgan fingerprint density at radius 3 is 0.326 bits per heavy atom. The Morgan fingerprint density at radius 1 is 0.174 bits per heavy atom. The SMILES string of the molecule is FC(F)(F)C(F)(F)C(OOC(C(F)(F)C(F)(F)F)(C(F)(F)C(F)(F)F)C(F)(F)C(F)(F)F)(C(F)(F)C(F)(F)F)C(F)(F)C(F)(F)F. The number of hydrogen-bond donors (Lipinski definition) is 0. The summed E-state index contributed by atoms with van der Waals surface area (Å²) < 4.78 is 397. The molecule has 0 saturated heterocycles. The van der Waals surface area contributed by atoms with Crippen LogP contribution in [0.3, 0.4) is 0 Å². The fourth-order valence-corrected chi connectivity index (χ4v) is 2.82. The summed E-state index contributed by atoms with van der Waals surface area (Å²) in [6, 6.07) is 0. The highest BCUT2D eigenvalue weighted by Crippen LogP contribution is 2.69. The van der Waals surface area contributed by atoms with E-state index >= 15 is 0 Å². The van der Waals surface area contributed by atoms with E-state index in [4.69, 9.17) is 0 Å². The molecule has 278 valence electrons. The Balaban J connectivity index is 9.22. The van der Waals surface area contributed by atoms with E-state index in [0.717, 1.165) is 0 Å². The van der Waals surface area contributed by atoms with Crippen LogP contribution in [0.4, 0.5) is 132 Å². The van der Waals surface area contributed by atoms with Gasteiger partial charge in [-0.1, -0.05) is 0 Å². The molecule has 0 spiro atoms. The Kier molecular flexibility index (Phi) is 10.2. The number of halogens is 30. The zero-order chi connectivity index (χ0) is 38.4. The Hall–Kier alpha value is -2.18. The summed E-state index contributed by atoms with van der Waals surface area (Å²) in [4.78, 5) is 1.33. The molecule has 0 aliphatic heterocycles. The quantitative estimate of drug-likeness (QED) is 0.132. The van der Waals surface area contributed by atoms with E-state index in [0.29, 0.717) is 9.78 Å². The van der Waals surface area contributed by atoms with Gasteiger partial charge in [0.05, 0.1) is 0 Å². The average Bonchev–Trinajstić information content (AvgIpc) is 2.70. The molecule has 0 heterocycles. The van der Waals surface area contributed by atoms with Crippen LogP contribution in [0.5, 0.6) is 0 Å². The lowest BCUT2D eigenvalue weighted by molar-refractivity contribution is -0.614. The summed E-state index contributed by atoms with van der Waals surface area (Å²) in [6.45, 7) is 0. The second-order valence-corrected chi connectivity index (χ2v) is 7.96. The molecule has 0 rings (SSSR count). The second kappa shape index (κ2) is 10.7. The van der Waals surface area contributed by atoms with E-state index in [-0.39, 0.29) is 0 Å². The van der Waals surface area contributed by atoms with Crippen LogP contribution in [0, 0.1) is 0 Å². The molecule has 46 heavy (non-hydrogen) atoms. The monoisotopic (exact) mass is 770 g/mol. The number of alkyl halides is 30. The maximum atomic E-state index is 13.9. The molecule has 0 amide bonds. The predicted molar refractivity (Wildman–Crippen MR) is 73.6 cm³/mol. The van der Waals surface area contributed by atoms with E-state index in [1.54, 1.807) is 0 Å². The van der Waals surface area contributed by atoms with Crippen molar-refractivity contribution >= 4 is 0 Å². The van der Waals surface area contributed by atoms with Gasteiger partial charge in [0.2, 0.25) is 0 Å². The Labute approximate surface area is 227 Å². The van der Waals surface area contributed by atoms with Crippen molar-refractivity contribution in [2.75, 3.05) is 0 Å². The van der Waals surface area contributed by atoms with Crippen LogP contribution >= 0.6 is 0 Å². The molecule has 0 fully saturated rings. The lowest BCUT2D eigenvalue weighted by atomic mass is 9.79. The molecule has 0 aliphatic carbocycles. The summed E-state index contributed by atoms with van der Waals surface area (Å²) in [5.74, 6) is -59.1. The van der Waals surface area contributed by atoms with Gasteiger partial charge in [-0.2, -0.15) is 132 Å². The molecule has 0 saturated carbocycles. The van der Waals surface area contributed by atoms with Gasteiger partial charge in [0.25, 0.3) is 0 Å². The smallest absolute Gasteiger partial charge is 0.208 e. The maximum absolute atomic E-state index is 13.9. The summed E-state index contributed by atoms with van der Waals surface area (Å²) in [5.41, 5.74) is -20.4. The Morgan fingerprint density at radius 2 is 0.261 bits per heavy atom. The van der Waals surface area contributed by atoms with Crippen LogP contribution < -0.4 is 0 Å². The highest BCUT2D eigenvalue weighted by molar-refractivity contribution is 5.22. The third kappa shape index (κ3) is 5.47. The predicted octanol–water partition coefficient (Wildman–Crippen LogP) is 9.60. The number of rotatable bonds is 9. The van der Waals surface area contributed by atoms with Gasteiger partial charge < -0.3 is 0 Å². The fourth-order valence-electron chi connectivity index (χ4n) is 2.82. The molecule has 0 N–H and O–H groups in total. The molecule has 0 aromatic rings. The fraction of sp³-hybridized carbons (Fsp3) is 1.00. The lowest BCUT2D eigenvalue weighted by Gasteiger charge is -2.51. The highest BCUT2D eigenvalue weighted by Gasteiger charge is 3.02. The van der Waals surface area contributed by atoms with Crippen molar-refractivity contribution in [3.8, 4) is 0 Å². The minimum Gasteiger partial charge on any atom is -0.208 e. The first-order valence-corrected chi connectivity index (χ1v) is 9.24. The van der Waals surface area contributed by atoms with Crippen LogP contribution in [0.1, 0.15) is 0 Å². The molecule has 32 heteroatoms. The van der Waals surface area contributed by atoms with Gasteiger partial charge in [0.1, 0.15) is 0 Å². The first-order chi connectivity index (χ1) is 19.2. The molecular formula is C14F30O2. The van der Waals surface area contributed by atoms with Gasteiger partial charge in [-0.05, 0) is 0 Å². The molecule has 0 bridgehead atoms. The normalized spacial score (nSPS) is 17.1. The van der Waals surface area contributed by atoms with E-state index in [1.165, 1.54) is 0 Å². The Bertz CT molecular complexity index is 857. The van der Waals surface area contributed by atoms with Gasteiger partial charge in [-0.15, -0.1) is 0 Å². The van der Waals surface area contributed by atoms with Crippen LogP contribution in [0.25, 0.3) is 0 Å². The van der Waals surface area contributed by atoms with Crippen molar-refractivity contribution in [3.05, 3.63) is 0 Å². The first kappa shape index (κ1) is 43.8. The summed E-state index contributed by atoms with van der Waals surface area (Å²) in [5, 5.41) is 0. The van der Waals surface area contributed by atoms with Gasteiger partial charge in [0, 0.05) is 0 Å². The van der Waals surface area contributed by atoms with Crippen LogP contribution in [-0.2, 0) is 9.78 Å². The van der Waals surface area contributed by atoms with E-state index in [9.17, 15) is 132 Å². The van der Waals surface area contributed by atoms with Gasteiger partial charge in [0.15, 0.2) is 0 Å². The zero-order valence-electron chi connectivity index (χ0n) is 19.2. The third-order valence-corrected chi connectivity index (χ3v) is 5.08. The van der Waals surface area contributed by atoms with Gasteiger partial charge >= 0.3 is 83.8 Å². The van der Waals surface area contributed by atoms with Crippen molar-refractivity contribution in [1.29, 1.82) is 0 Å². The lowest BCUT2D eigenvalue weighted by Crippen LogP contribution is -2.84. The van der Waals surface area contributed by atoms with E-state index in [2.05, 4.69) is 0 Å². The molecule has 0 aliphatic rings. The van der Waals surface area contributed by atoms with Crippen LogP contribution in [0.2, 0.25) is 0 Å². The van der Waals surface area contributed by atoms with E-state index in [1.807, 2.05) is 0 Å². The van der Waals surface area contributed by atoms with E-state index < -0.39 is 83.8 Å². The highest BCUT2D eigenvalue weighted by atomic mass is 19.5. The average molecular weight is 770 g/mol. The minimum atomic E-state index is -10.2. The van der Waals surface area contributed by atoms with Crippen molar-refractivity contribution in [2.45, 2.75) is 83.8 Å². The zero-order valence-corrected chi connectivity index (χ0v) is 19.2. The minimum absolute atomic E-state index is 0.664. The topological polar surface area (TPSA) is 18.5 Å². The second-order valence-electron chi connectivity index (χ2n) is 7.96. The van der Waals surface area contributed by atoms with Crippen molar-refractivity contribution < 1.29 is 141 Å². The summed E-state index contributed by atoms with van der Waals surface area (Å²) >= 11 is 0. The molecule has 2 nitrogen and oxygen atoms in total. The largest absolute Gasteiger partial charge is 0.457 e. The van der Waals surface area contributed by atoms with Crippen LogP contribution in [0.15, 0.2) is 0 Å². The standard InChI is InChI=1S/C14F30O2/c15-3(16,9(27,28)29)1(4(17,18)10(30,31)32,5(19,20)11(33,34)35)45-46-2(6(21,22)12(36,37)38,7(23,24)13(39,40)41)8(25,26)14(42,43)44. The maximum Gasteiger partial charge on any atom is 0.457 e. The molecule has 0 aromatic carbocycles. The van der Waals surface area contributed by atoms with Crippen molar-refractivity contribution in [3.63, 3.8) is 0 Å². The summed E-state index contributed by atoms with van der Waals surface area (Å²) in [6.07, 6.45) is -54.8.